The average Bonchev–Trinajstić information content (AvgIpc) is 2.95. The zero-order chi connectivity index (χ0) is 16.4. The molecule has 2 aromatic heterocycles. The van der Waals surface area contributed by atoms with Crippen LogP contribution >= 0.6 is 0 Å². The van der Waals surface area contributed by atoms with Crippen LogP contribution in [0.15, 0.2) is 15.8 Å². The maximum Gasteiger partial charge on any atom is 0.136 e. The van der Waals surface area contributed by atoms with Gasteiger partial charge in [-0.05, 0) is 5.41 Å². The SMILES string of the molecule is [2H]c1onc2c1C(C(C)(C)C)C(O)Cn1nc3c(c1-2)C=NCC3. The van der Waals surface area contributed by atoms with Crippen LogP contribution in [0.3, 0.4) is 0 Å². The first-order chi connectivity index (χ1) is 10.9. The van der Waals surface area contributed by atoms with Crippen LogP contribution in [0, 0.1) is 5.41 Å². The Kier molecular flexibility index (Phi) is 2.59. The zero-order valence-electron chi connectivity index (χ0n) is 14.0. The van der Waals surface area contributed by atoms with Gasteiger partial charge >= 0.3 is 0 Å². The molecule has 1 N–H and O–H groups in total. The minimum Gasteiger partial charge on any atom is -0.391 e. The molecule has 0 saturated heterocycles. The minimum absolute atomic E-state index is 0.0233. The van der Waals surface area contributed by atoms with Gasteiger partial charge in [-0.1, -0.05) is 25.9 Å². The zero-order valence-corrected chi connectivity index (χ0v) is 13.0. The normalized spacial score (nSPS) is 24.3. The van der Waals surface area contributed by atoms with Gasteiger partial charge < -0.3 is 9.63 Å². The molecule has 0 fully saturated rings. The van der Waals surface area contributed by atoms with Gasteiger partial charge in [-0.2, -0.15) is 5.10 Å². The molecule has 4 heterocycles. The third-order valence-electron chi connectivity index (χ3n) is 4.52. The van der Waals surface area contributed by atoms with Crippen molar-refractivity contribution >= 4 is 6.21 Å². The van der Waals surface area contributed by atoms with Crippen LogP contribution in [0.2, 0.25) is 0 Å². The van der Waals surface area contributed by atoms with Crippen LogP contribution in [0.1, 0.15) is 44.9 Å². The first-order valence-electron chi connectivity index (χ1n) is 8.12. The van der Waals surface area contributed by atoms with Crippen molar-refractivity contribution in [2.24, 2.45) is 10.4 Å². The van der Waals surface area contributed by atoms with E-state index in [0.29, 0.717) is 17.8 Å². The molecule has 2 unspecified atom stereocenters. The Bertz CT molecular complexity index is 800. The fourth-order valence-corrected chi connectivity index (χ4v) is 3.64. The number of aliphatic imine (C=N–C) groups is 1. The highest BCUT2D eigenvalue weighted by Gasteiger charge is 2.40. The van der Waals surface area contributed by atoms with Gasteiger partial charge in [0.1, 0.15) is 13.3 Å². The van der Waals surface area contributed by atoms with Crippen molar-refractivity contribution in [3.05, 3.63) is 23.1 Å². The Hall–Kier alpha value is -1.95. The number of hydrogen-bond acceptors (Lipinski definition) is 5. The first-order valence-corrected chi connectivity index (χ1v) is 7.62. The molecule has 4 rings (SSSR count). The topological polar surface area (TPSA) is 76.4 Å². The third-order valence-corrected chi connectivity index (χ3v) is 4.52. The fraction of sp³-hybridized carbons (Fsp3) is 0.562. The van der Waals surface area contributed by atoms with Crippen molar-refractivity contribution in [2.45, 2.75) is 45.8 Å². The maximum absolute atomic E-state index is 10.8. The second-order valence-corrected chi connectivity index (χ2v) is 7.13. The second kappa shape index (κ2) is 4.52. The lowest BCUT2D eigenvalue weighted by Crippen LogP contribution is -2.32. The van der Waals surface area contributed by atoms with Crippen LogP contribution < -0.4 is 0 Å². The summed E-state index contributed by atoms with van der Waals surface area (Å²) in [6.45, 7) is 7.28. The van der Waals surface area contributed by atoms with Crippen molar-refractivity contribution in [3.8, 4) is 11.4 Å². The van der Waals surface area contributed by atoms with Crippen molar-refractivity contribution in [1.29, 1.82) is 0 Å². The average molecular weight is 301 g/mol. The number of nitrogens with zero attached hydrogens (tertiary/aromatic N) is 4. The molecule has 0 spiro atoms. The monoisotopic (exact) mass is 301 g/mol. The van der Waals surface area contributed by atoms with Gasteiger partial charge in [0.15, 0.2) is 0 Å². The quantitative estimate of drug-likeness (QED) is 0.807. The van der Waals surface area contributed by atoms with E-state index in [4.69, 9.17) is 5.89 Å². The van der Waals surface area contributed by atoms with E-state index >= 15 is 0 Å². The number of fused-ring (bicyclic) bond motifs is 5. The lowest BCUT2D eigenvalue weighted by Gasteiger charge is -2.32. The predicted molar refractivity (Wildman–Crippen MR) is 82.1 cm³/mol. The molecular weight excluding hydrogens is 280 g/mol. The highest BCUT2D eigenvalue weighted by molar-refractivity contribution is 5.91. The van der Waals surface area contributed by atoms with E-state index in [1.54, 1.807) is 4.68 Å². The fourth-order valence-electron chi connectivity index (χ4n) is 3.64. The largest absolute Gasteiger partial charge is 0.391 e. The number of hydrogen-bond donors (Lipinski definition) is 1. The van der Waals surface area contributed by atoms with Crippen LogP contribution in [-0.4, -0.2) is 38.9 Å². The van der Waals surface area contributed by atoms with Gasteiger partial charge in [0, 0.05) is 36.2 Å². The van der Waals surface area contributed by atoms with Gasteiger partial charge in [0.2, 0.25) is 0 Å². The molecule has 0 amide bonds. The summed E-state index contributed by atoms with van der Waals surface area (Å²) < 4.78 is 15.1. The van der Waals surface area contributed by atoms with Crippen molar-refractivity contribution < 1.29 is 11.0 Å². The summed E-state index contributed by atoms with van der Waals surface area (Å²) in [6.07, 6.45) is 1.97. The molecule has 2 aromatic rings. The summed E-state index contributed by atoms with van der Waals surface area (Å²) in [5, 5.41) is 19.6. The lowest BCUT2D eigenvalue weighted by atomic mass is 9.73. The van der Waals surface area contributed by atoms with Crippen LogP contribution in [-0.2, 0) is 13.0 Å². The van der Waals surface area contributed by atoms with Gasteiger partial charge in [-0.3, -0.25) is 9.67 Å². The molecule has 2 atom stereocenters. The molecule has 0 radical (unpaired) electrons. The second-order valence-electron chi connectivity index (χ2n) is 7.13. The minimum atomic E-state index is -0.656. The summed E-state index contributed by atoms with van der Waals surface area (Å²) in [5.41, 5.74) is 3.78. The number of aromatic nitrogens is 3. The molecule has 0 bridgehead atoms. The van der Waals surface area contributed by atoms with Crippen LogP contribution in [0.25, 0.3) is 11.4 Å². The van der Waals surface area contributed by atoms with E-state index in [9.17, 15) is 5.11 Å². The number of aliphatic hydroxyl groups excluding tert-OH is 1. The third kappa shape index (κ3) is 1.86. The first kappa shape index (κ1) is 12.6. The Morgan fingerprint density at radius 2 is 2.27 bits per heavy atom. The number of rotatable bonds is 0. The van der Waals surface area contributed by atoms with E-state index in [2.05, 4.69) is 36.0 Å². The summed E-state index contributed by atoms with van der Waals surface area (Å²) in [7, 11) is 0. The molecule has 116 valence electrons. The highest BCUT2D eigenvalue weighted by atomic mass is 16.5. The molecule has 0 aliphatic carbocycles. The van der Waals surface area contributed by atoms with Gasteiger partial charge in [0.25, 0.3) is 0 Å². The van der Waals surface area contributed by atoms with E-state index in [0.717, 1.165) is 29.9 Å². The van der Waals surface area contributed by atoms with Crippen LogP contribution in [0.5, 0.6) is 0 Å². The molecular formula is C16H20N4O2. The Labute approximate surface area is 130 Å². The molecule has 6 heteroatoms. The standard InChI is InChI=1S/C16H20N4O2/c1-16(2,3)13-10-8-22-19-14(10)15-9-6-17-5-4-11(9)18-20(15)7-12(13)21/h6,8,12-13,21H,4-5,7H2,1-3H3/i8D. The molecule has 0 aromatic carbocycles. The van der Waals surface area contributed by atoms with Crippen molar-refractivity contribution in [3.63, 3.8) is 0 Å². The highest BCUT2D eigenvalue weighted by Crippen LogP contribution is 2.45. The summed E-state index contributed by atoms with van der Waals surface area (Å²) in [6, 6.07) is 0. The lowest BCUT2D eigenvalue weighted by molar-refractivity contribution is 0.0737. The predicted octanol–water partition coefficient (Wildman–Crippen LogP) is 2.02. The van der Waals surface area contributed by atoms with Crippen LogP contribution in [0.4, 0.5) is 0 Å². The van der Waals surface area contributed by atoms with Gasteiger partial charge in [0.05, 0.1) is 24.0 Å². The summed E-state index contributed by atoms with van der Waals surface area (Å²) in [5.74, 6) is -0.242. The maximum atomic E-state index is 10.8. The Morgan fingerprint density at radius 3 is 3.05 bits per heavy atom. The van der Waals surface area contributed by atoms with E-state index in [-0.39, 0.29) is 17.6 Å². The summed E-state index contributed by atoms with van der Waals surface area (Å²) >= 11 is 0. The van der Waals surface area contributed by atoms with E-state index < -0.39 is 6.10 Å². The van der Waals surface area contributed by atoms with Gasteiger partial charge in [-0.15, -0.1) is 0 Å². The van der Waals surface area contributed by atoms with Gasteiger partial charge in [-0.25, -0.2) is 0 Å². The molecule has 2 aliphatic rings. The molecule has 2 aliphatic heterocycles. The number of aliphatic hydroxyl groups is 1. The molecule has 0 saturated carbocycles. The van der Waals surface area contributed by atoms with Crippen molar-refractivity contribution in [2.75, 3.05) is 6.54 Å². The van der Waals surface area contributed by atoms with E-state index in [1.807, 2.05) is 6.21 Å². The Balaban J connectivity index is 2.01. The molecule has 6 nitrogen and oxygen atoms in total. The van der Waals surface area contributed by atoms with E-state index in [1.165, 1.54) is 0 Å². The molecule has 22 heavy (non-hydrogen) atoms. The smallest absolute Gasteiger partial charge is 0.136 e. The summed E-state index contributed by atoms with van der Waals surface area (Å²) in [4.78, 5) is 4.35. The van der Waals surface area contributed by atoms with Crippen molar-refractivity contribution in [1.82, 2.24) is 14.9 Å². The Morgan fingerprint density at radius 1 is 1.45 bits per heavy atom.